The molecule has 0 radical (unpaired) electrons. The molecule has 4 rings (SSSR count). The molecule has 2 aliphatic rings. The topological polar surface area (TPSA) is 99.8 Å². The fourth-order valence-corrected chi connectivity index (χ4v) is 4.53. The first-order chi connectivity index (χ1) is 19.5. The van der Waals surface area contributed by atoms with Crippen LogP contribution in [-0.4, -0.2) is 68.5 Å². The number of nitrogens with one attached hydrogen (secondary N) is 3. The van der Waals surface area contributed by atoms with Crippen molar-refractivity contribution in [3.63, 3.8) is 0 Å². The Hall–Kier alpha value is -3.60. The molecule has 2 aromatic carbocycles. The van der Waals surface area contributed by atoms with Crippen molar-refractivity contribution >= 4 is 17.7 Å². The number of aryl methyl sites for hydroxylation is 2. The molecule has 8 nitrogen and oxygen atoms in total. The molecule has 224 valence electrons. The second-order valence-corrected chi connectivity index (χ2v) is 10.4. The van der Waals surface area contributed by atoms with E-state index < -0.39 is 11.7 Å². The van der Waals surface area contributed by atoms with Crippen molar-refractivity contribution < 1.29 is 32.3 Å². The van der Waals surface area contributed by atoms with Crippen LogP contribution < -0.4 is 20.7 Å². The smallest absolute Gasteiger partial charge is 0.416 e. The Kier molecular flexibility index (Phi) is 12.0. The lowest BCUT2D eigenvalue weighted by Crippen LogP contribution is -2.53. The highest BCUT2D eigenvalue weighted by Gasteiger charge is 2.34. The number of hydrogen-bond donors (Lipinski definition) is 3. The van der Waals surface area contributed by atoms with Crippen LogP contribution in [0.4, 0.5) is 13.2 Å². The number of likely N-dealkylation sites (N-methyl/N-ethyl adjacent to an activating group) is 1. The molecule has 3 N–H and O–H groups in total. The summed E-state index contributed by atoms with van der Waals surface area (Å²) in [7, 11) is 1.63. The molecule has 1 unspecified atom stereocenters. The predicted molar refractivity (Wildman–Crippen MR) is 149 cm³/mol. The summed E-state index contributed by atoms with van der Waals surface area (Å²) in [4.78, 5) is 38.5. The molecular formula is C30H39F3N4O4. The van der Waals surface area contributed by atoms with Gasteiger partial charge in [0.2, 0.25) is 17.7 Å². The van der Waals surface area contributed by atoms with Crippen LogP contribution >= 0.6 is 0 Å². The standard InChI is InChI=1S/C22H32N4O4.C8H7F3/c1-26-15-20(28)25-14-19(27)23-11-5-9-16-6-2-3-10-18(16)30-13-12-24-21(22(26)29)17-7-4-8-17;1-6-2-4-7(5-3-6)8(9,10)11/h2-3,6,10,17,21,24H,4-5,7-9,11-15H2,1H3,(H,23,27)(H,25,28);2-5H,1H3. The molecule has 0 aromatic heterocycles. The summed E-state index contributed by atoms with van der Waals surface area (Å²) in [6.07, 6.45) is 0.483. The van der Waals surface area contributed by atoms with Gasteiger partial charge in [-0.25, -0.2) is 0 Å². The third kappa shape index (κ3) is 10.4. The van der Waals surface area contributed by atoms with E-state index in [0.717, 1.165) is 61.1 Å². The van der Waals surface area contributed by atoms with E-state index in [4.69, 9.17) is 4.74 Å². The van der Waals surface area contributed by atoms with Gasteiger partial charge in [0.15, 0.2) is 0 Å². The molecule has 11 heteroatoms. The van der Waals surface area contributed by atoms with Crippen molar-refractivity contribution in [1.29, 1.82) is 0 Å². The lowest BCUT2D eigenvalue weighted by molar-refractivity contribution is -0.138. The normalized spacial score (nSPS) is 20.1. The molecule has 1 fully saturated rings. The third-order valence-corrected chi connectivity index (χ3v) is 7.11. The maximum absolute atomic E-state index is 12.9. The van der Waals surface area contributed by atoms with Gasteiger partial charge in [0.1, 0.15) is 12.4 Å². The van der Waals surface area contributed by atoms with E-state index in [1.54, 1.807) is 14.0 Å². The fraction of sp³-hybridized carbons (Fsp3) is 0.500. The fourth-order valence-electron chi connectivity index (χ4n) is 4.53. The number of fused-ring (bicyclic) bond motifs is 1. The zero-order valence-corrected chi connectivity index (χ0v) is 23.6. The first-order valence-corrected chi connectivity index (χ1v) is 13.9. The van der Waals surface area contributed by atoms with Crippen LogP contribution in [0.25, 0.3) is 0 Å². The number of hydrogen-bond acceptors (Lipinski definition) is 5. The molecule has 1 atom stereocenters. The van der Waals surface area contributed by atoms with Crippen LogP contribution in [-0.2, 0) is 27.0 Å². The molecule has 1 heterocycles. The Labute approximate surface area is 239 Å². The van der Waals surface area contributed by atoms with E-state index in [-0.39, 0.29) is 42.8 Å². The van der Waals surface area contributed by atoms with Crippen LogP contribution in [0, 0.1) is 12.8 Å². The molecule has 1 aliphatic carbocycles. The van der Waals surface area contributed by atoms with Gasteiger partial charge >= 0.3 is 6.18 Å². The number of rotatable bonds is 1. The quantitative estimate of drug-likeness (QED) is 0.483. The summed E-state index contributed by atoms with van der Waals surface area (Å²) in [5.41, 5.74) is 1.33. The van der Waals surface area contributed by atoms with Gasteiger partial charge in [-0.1, -0.05) is 42.3 Å². The first-order valence-electron chi connectivity index (χ1n) is 13.9. The number of amides is 3. The first kappa shape index (κ1) is 31.9. The Morgan fingerprint density at radius 3 is 2.27 bits per heavy atom. The van der Waals surface area contributed by atoms with E-state index in [1.807, 2.05) is 24.3 Å². The van der Waals surface area contributed by atoms with Crippen LogP contribution in [0.1, 0.15) is 42.4 Å². The Balaban J connectivity index is 0.000000352. The van der Waals surface area contributed by atoms with Crippen LogP contribution in [0.3, 0.4) is 0 Å². The Morgan fingerprint density at radius 1 is 0.902 bits per heavy atom. The zero-order chi connectivity index (χ0) is 29.8. The summed E-state index contributed by atoms with van der Waals surface area (Å²) in [5.74, 6) is 0.443. The number of halogens is 3. The van der Waals surface area contributed by atoms with Crippen molar-refractivity contribution in [3.8, 4) is 5.75 Å². The molecule has 0 bridgehead atoms. The van der Waals surface area contributed by atoms with E-state index >= 15 is 0 Å². The second-order valence-electron chi connectivity index (χ2n) is 10.4. The van der Waals surface area contributed by atoms with Gasteiger partial charge in [-0.15, -0.1) is 0 Å². The van der Waals surface area contributed by atoms with Crippen LogP contribution in [0.15, 0.2) is 48.5 Å². The summed E-state index contributed by atoms with van der Waals surface area (Å²) in [6.45, 7) is 3.11. The van der Waals surface area contributed by atoms with Crippen LogP contribution in [0.5, 0.6) is 5.75 Å². The number of alkyl halides is 3. The minimum Gasteiger partial charge on any atom is -0.492 e. The summed E-state index contributed by atoms with van der Waals surface area (Å²) < 4.78 is 41.7. The van der Waals surface area contributed by atoms with Gasteiger partial charge < -0.3 is 25.6 Å². The minimum absolute atomic E-state index is 0.0686. The Bertz CT molecular complexity index is 1150. The highest BCUT2D eigenvalue weighted by atomic mass is 19.4. The highest BCUT2D eigenvalue weighted by Crippen LogP contribution is 2.30. The lowest BCUT2D eigenvalue weighted by atomic mass is 9.79. The molecule has 2 aromatic rings. The number of carbonyl (C=O) groups is 3. The average Bonchev–Trinajstić information content (AvgIpc) is 2.90. The minimum atomic E-state index is -4.21. The maximum Gasteiger partial charge on any atom is 0.416 e. The van der Waals surface area contributed by atoms with E-state index in [9.17, 15) is 27.6 Å². The SMILES string of the molecule is CN1CC(=O)NCC(=O)NCCCc2ccccc2OCCNC(C2CCC2)C1=O.Cc1ccc(C(F)(F)F)cc1. The molecule has 41 heavy (non-hydrogen) atoms. The van der Waals surface area contributed by atoms with Crippen molar-refractivity contribution in [2.24, 2.45) is 5.92 Å². The molecule has 0 spiro atoms. The van der Waals surface area contributed by atoms with Gasteiger partial charge in [0, 0.05) is 20.1 Å². The van der Waals surface area contributed by atoms with Gasteiger partial charge in [-0.3, -0.25) is 14.4 Å². The lowest BCUT2D eigenvalue weighted by Gasteiger charge is -2.35. The second kappa shape index (κ2) is 15.4. The Morgan fingerprint density at radius 2 is 1.61 bits per heavy atom. The molecule has 0 saturated heterocycles. The van der Waals surface area contributed by atoms with Crippen molar-refractivity contribution in [1.82, 2.24) is 20.9 Å². The highest BCUT2D eigenvalue weighted by molar-refractivity contribution is 5.89. The van der Waals surface area contributed by atoms with Crippen molar-refractivity contribution in [3.05, 3.63) is 65.2 Å². The van der Waals surface area contributed by atoms with E-state index in [2.05, 4.69) is 16.0 Å². The number of nitrogens with zero attached hydrogens (tertiary/aromatic N) is 1. The number of ether oxygens (including phenoxy) is 1. The number of para-hydroxylation sites is 1. The van der Waals surface area contributed by atoms with E-state index in [1.165, 1.54) is 17.0 Å². The molecule has 1 saturated carbocycles. The monoisotopic (exact) mass is 576 g/mol. The number of benzene rings is 2. The van der Waals surface area contributed by atoms with Gasteiger partial charge in [0.05, 0.1) is 24.7 Å². The largest absolute Gasteiger partial charge is 0.492 e. The van der Waals surface area contributed by atoms with Gasteiger partial charge in [-0.2, -0.15) is 13.2 Å². The van der Waals surface area contributed by atoms with Crippen molar-refractivity contribution in [2.45, 2.75) is 51.2 Å². The summed E-state index contributed by atoms with van der Waals surface area (Å²) >= 11 is 0. The average molecular weight is 577 g/mol. The van der Waals surface area contributed by atoms with Gasteiger partial charge in [-0.05, 0) is 62.3 Å². The van der Waals surface area contributed by atoms with Crippen molar-refractivity contribution in [2.75, 3.05) is 39.8 Å². The molecule has 1 aliphatic heterocycles. The molecule has 3 amide bonds. The maximum atomic E-state index is 12.9. The summed E-state index contributed by atoms with van der Waals surface area (Å²) in [5, 5.41) is 8.75. The molecular weight excluding hydrogens is 537 g/mol. The predicted octanol–water partition coefficient (Wildman–Crippen LogP) is 3.47. The van der Waals surface area contributed by atoms with Gasteiger partial charge in [0.25, 0.3) is 0 Å². The van der Waals surface area contributed by atoms with E-state index in [0.29, 0.717) is 19.7 Å². The third-order valence-electron chi connectivity index (χ3n) is 7.11. The number of carbonyl (C=O) groups excluding carboxylic acids is 3. The summed E-state index contributed by atoms with van der Waals surface area (Å²) in [6, 6.07) is 12.6. The zero-order valence-electron chi connectivity index (χ0n) is 23.6. The van der Waals surface area contributed by atoms with Crippen LogP contribution in [0.2, 0.25) is 0 Å².